The van der Waals surface area contributed by atoms with E-state index in [1.165, 1.54) is 23.9 Å². The summed E-state index contributed by atoms with van der Waals surface area (Å²) in [6, 6.07) is 17.3. The molecule has 0 spiro atoms. The van der Waals surface area contributed by atoms with Crippen LogP contribution in [0.5, 0.6) is 11.5 Å². The summed E-state index contributed by atoms with van der Waals surface area (Å²) in [5, 5.41) is 10.4. The molecule has 10 heteroatoms. The van der Waals surface area contributed by atoms with Gasteiger partial charge in [0.1, 0.15) is 6.61 Å². The van der Waals surface area contributed by atoms with Gasteiger partial charge in [0, 0.05) is 11.6 Å². The van der Waals surface area contributed by atoms with Gasteiger partial charge in [-0.2, -0.15) is 0 Å². The highest BCUT2D eigenvalue weighted by Gasteiger charge is 2.32. The first-order valence-corrected chi connectivity index (χ1v) is 13.2. The highest BCUT2D eigenvalue weighted by molar-refractivity contribution is 9.10. The fraction of sp³-hybridized carbons (Fsp3) is 0.148. The Morgan fingerprint density at radius 1 is 1.19 bits per heavy atom. The Morgan fingerprint density at radius 2 is 1.97 bits per heavy atom. The van der Waals surface area contributed by atoms with Gasteiger partial charge in [-0.05, 0) is 94.3 Å². The second-order valence-electron chi connectivity index (χ2n) is 7.86. The summed E-state index contributed by atoms with van der Waals surface area (Å²) in [4.78, 5) is 31.0. The van der Waals surface area contributed by atoms with Crippen LogP contribution in [0.3, 0.4) is 0 Å². The number of rotatable bonds is 8. The zero-order valence-corrected chi connectivity index (χ0v) is 23.1. The predicted molar refractivity (Wildman–Crippen MR) is 150 cm³/mol. The van der Waals surface area contributed by atoms with Crippen LogP contribution in [-0.4, -0.2) is 40.7 Å². The molecule has 37 heavy (non-hydrogen) atoms. The van der Waals surface area contributed by atoms with Gasteiger partial charge in [-0.1, -0.05) is 29.8 Å². The maximum absolute atomic E-state index is 13.1. The number of carboxylic acid groups (broad SMARTS) is 1. The minimum Gasteiger partial charge on any atom is -0.493 e. The van der Waals surface area contributed by atoms with Crippen LogP contribution in [-0.2, 0) is 11.4 Å². The number of carbonyl (C=O) groups is 2. The van der Waals surface area contributed by atoms with Crippen LogP contribution in [0.4, 0.5) is 5.69 Å². The van der Waals surface area contributed by atoms with Crippen LogP contribution in [0.1, 0.15) is 28.4 Å². The molecular formula is C27H22BrClN2O5S. The number of aliphatic imine (C=N–C) groups is 1. The van der Waals surface area contributed by atoms with Gasteiger partial charge >= 0.3 is 5.97 Å². The van der Waals surface area contributed by atoms with E-state index < -0.39 is 5.97 Å². The number of benzene rings is 3. The molecule has 1 saturated heterocycles. The Morgan fingerprint density at radius 3 is 2.68 bits per heavy atom. The van der Waals surface area contributed by atoms with Gasteiger partial charge in [0.25, 0.3) is 5.91 Å². The molecule has 0 aliphatic carbocycles. The van der Waals surface area contributed by atoms with Crippen molar-refractivity contribution in [2.45, 2.75) is 13.5 Å². The summed E-state index contributed by atoms with van der Waals surface area (Å²) in [6.07, 6.45) is 1.76. The molecule has 0 bridgehead atoms. The van der Waals surface area contributed by atoms with Crippen molar-refractivity contribution in [3.8, 4) is 11.5 Å². The van der Waals surface area contributed by atoms with E-state index in [2.05, 4.69) is 20.9 Å². The van der Waals surface area contributed by atoms with Crippen molar-refractivity contribution in [1.29, 1.82) is 0 Å². The normalized spacial score (nSPS) is 15.5. The molecule has 0 atom stereocenters. The number of halogens is 2. The maximum Gasteiger partial charge on any atom is 0.335 e. The van der Waals surface area contributed by atoms with Crippen molar-refractivity contribution in [2.75, 3.05) is 13.7 Å². The Labute approximate surface area is 231 Å². The van der Waals surface area contributed by atoms with Gasteiger partial charge in [-0.25, -0.2) is 9.79 Å². The third-order valence-corrected chi connectivity index (χ3v) is 7.17. The molecular weight excluding hydrogens is 580 g/mol. The summed E-state index contributed by atoms with van der Waals surface area (Å²) in [6.45, 7) is 2.58. The average molecular weight is 602 g/mol. The Kier molecular flexibility index (Phi) is 8.58. The number of amidine groups is 1. The first-order valence-electron chi connectivity index (χ1n) is 11.2. The third kappa shape index (κ3) is 6.36. The van der Waals surface area contributed by atoms with Gasteiger partial charge in [-0.15, -0.1) is 0 Å². The number of amides is 1. The van der Waals surface area contributed by atoms with Crippen LogP contribution >= 0.6 is 39.3 Å². The van der Waals surface area contributed by atoms with E-state index in [1.54, 1.807) is 42.4 Å². The van der Waals surface area contributed by atoms with Crippen molar-refractivity contribution in [3.63, 3.8) is 0 Å². The number of hydrogen-bond acceptors (Lipinski definition) is 6. The molecule has 0 radical (unpaired) electrons. The molecule has 0 saturated carbocycles. The van der Waals surface area contributed by atoms with E-state index in [0.717, 1.165) is 11.1 Å². The number of aromatic carboxylic acids is 1. The SMILES string of the molecule is CCN1C(=O)C(=Cc2cc(Br)c(OCc3cccc(Cl)c3)c(OC)c2)SC1=Nc1cccc(C(=O)O)c1. The number of hydrogen-bond donors (Lipinski definition) is 1. The second-order valence-corrected chi connectivity index (χ2v) is 10.2. The minimum absolute atomic E-state index is 0.129. The van der Waals surface area contributed by atoms with Crippen LogP contribution < -0.4 is 9.47 Å². The summed E-state index contributed by atoms with van der Waals surface area (Å²) < 4.78 is 12.2. The Balaban J connectivity index is 1.60. The Hall–Kier alpha value is -3.27. The molecule has 190 valence electrons. The molecule has 3 aromatic rings. The zero-order valence-electron chi connectivity index (χ0n) is 19.9. The van der Waals surface area contributed by atoms with Crippen molar-refractivity contribution in [2.24, 2.45) is 4.99 Å². The molecule has 0 aromatic heterocycles. The van der Waals surface area contributed by atoms with E-state index in [-0.39, 0.29) is 11.5 Å². The highest BCUT2D eigenvalue weighted by atomic mass is 79.9. The molecule has 0 unspecified atom stereocenters. The lowest BCUT2D eigenvalue weighted by atomic mass is 10.1. The van der Waals surface area contributed by atoms with Gasteiger partial charge in [0.2, 0.25) is 0 Å². The van der Waals surface area contributed by atoms with Crippen LogP contribution in [0.25, 0.3) is 6.08 Å². The minimum atomic E-state index is -1.04. The van der Waals surface area contributed by atoms with E-state index in [9.17, 15) is 14.7 Å². The summed E-state index contributed by atoms with van der Waals surface area (Å²) in [7, 11) is 1.55. The smallest absolute Gasteiger partial charge is 0.335 e. The maximum atomic E-state index is 13.1. The van der Waals surface area contributed by atoms with Crippen molar-refractivity contribution >= 4 is 68.1 Å². The largest absolute Gasteiger partial charge is 0.493 e. The number of ether oxygens (including phenoxy) is 2. The zero-order chi connectivity index (χ0) is 26.5. The number of thioether (sulfide) groups is 1. The fourth-order valence-electron chi connectivity index (χ4n) is 3.59. The molecule has 1 fully saturated rings. The quantitative estimate of drug-likeness (QED) is 0.279. The van der Waals surface area contributed by atoms with Crippen molar-refractivity contribution in [3.05, 3.63) is 91.8 Å². The van der Waals surface area contributed by atoms with Crippen LogP contribution in [0.2, 0.25) is 5.02 Å². The molecule has 1 heterocycles. The topological polar surface area (TPSA) is 88.4 Å². The third-order valence-electron chi connectivity index (χ3n) is 5.34. The highest BCUT2D eigenvalue weighted by Crippen LogP contribution is 2.40. The van der Waals surface area contributed by atoms with E-state index in [1.807, 2.05) is 31.2 Å². The van der Waals surface area contributed by atoms with Gasteiger partial charge in [-0.3, -0.25) is 9.69 Å². The Bertz CT molecular complexity index is 1430. The van der Waals surface area contributed by atoms with Crippen LogP contribution in [0, 0.1) is 0 Å². The van der Waals surface area contributed by atoms with Gasteiger partial charge in [0.15, 0.2) is 16.7 Å². The second kappa shape index (κ2) is 11.9. The molecule has 1 aliphatic heterocycles. The summed E-state index contributed by atoms with van der Waals surface area (Å²) in [5.74, 6) is -0.183. The number of likely N-dealkylation sites (N-methyl/N-ethyl adjacent to an activating group) is 1. The molecule has 7 nitrogen and oxygen atoms in total. The van der Waals surface area contributed by atoms with Crippen molar-refractivity contribution in [1.82, 2.24) is 4.90 Å². The monoisotopic (exact) mass is 600 g/mol. The fourth-order valence-corrected chi connectivity index (χ4v) is 5.44. The first-order chi connectivity index (χ1) is 17.8. The van der Waals surface area contributed by atoms with Crippen LogP contribution in [0.15, 0.2) is 75.0 Å². The van der Waals surface area contributed by atoms with E-state index in [0.29, 0.717) is 49.9 Å². The van der Waals surface area contributed by atoms with E-state index in [4.69, 9.17) is 21.1 Å². The van der Waals surface area contributed by atoms with Gasteiger partial charge in [0.05, 0.1) is 27.7 Å². The number of carboxylic acids is 1. The number of methoxy groups -OCH3 is 1. The molecule has 1 N–H and O–H groups in total. The van der Waals surface area contributed by atoms with Gasteiger partial charge < -0.3 is 14.6 Å². The first kappa shape index (κ1) is 26.8. The lowest BCUT2D eigenvalue weighted by Crippen LogP contribution is -2.28. The van der Waals surface area contributed by atoms with E-state index >= 15 is 0 Å². The van der Waals surface area contributed by atoms with Crippen molar-refractivity contribution < 1.29 is 24.2 Å². The lowest BCUT2D eigenvalue weighted by Gasteiger charge is -2.14. The molecule has 1 aliphatic rings. The molecule has 3 aromatic carbocycles. The lowest BCUT2D eigenvalue weighted by molar-refractivity contribution is -0.122. The standard InChI is InChI=1S/C27H22BrClN2O5S/c1-3-31-25(32)23(37-27(31)30-20-9-5-7-18(14-20)26(33)34)13-17-11-21(28)24(22(12-17)35-2)36-15-16-6-4-8-19(29)10-16/h4-14H,3,15H2,1-2H3,(H,33,34). The predicted octanol–water partition coefficient (Wildman–Crippen LogP) is 7.01. The summed E-state index contributed by atoms with van der Waals surface area (Å²) >= 11 is 10.9. The molecule has 4 rings (SSSR count). The summed E-state index contributed by atoms with van der Waals surface area (Å²) in [5.41, 5.74) is 2.24. The average Bonchev–Trinajstić information content (AvgIpc) is 3.16. The molecule has 1 amide bonds. The number of carbonyl (C=O) groups excluding carboxylic acids is 1. The number of nitrogens with zero attached hydrogens (tertiary/aromatic N) is 2.